The molecule has 1 aliphatic rings. The summed E-state index contributed by atoms with van der Waals surface area (Å²) < 4.78 is 28.3. The molecule has 1 fully saturated rings. The summed E-state index contributed by atoms with van der Waals surface area (Å²) >= 11 is 0. The molecule has 0 spiro atoms. The van der Waals surface area contributed by atoms with Crippen LogP contribution in [0.2, 0.25) is 0 Å². The van der Waals surface area contributed by atoms with Gasteiger partial charge in [0.1, 0.15) is 23.5 Å². The number of nitrogens with zero attached hydrogens (tertiary/aromatic N) is 3. The van der Waals surface area contributed by atoms with Crippen molar-refractivity contribution in [3.05, 3.63) is 83.0 Å². The van der Waals surface area contributed by atoms with Gasteiger partial charge in [-0.25, -0.2) is 0 Å². The summed E-state index contributed by atoms with van der Waals surface area (Å²) in [6.07, 6.45) is 1.35. The normalized spacial score (nSPS) is 15.9. The molecule has 4 rings (SSSR count). The molecule has 0 saturated heterocycles. The van der Waals surface area contributed by atoms with Crippen molar-refractivity contribution in [2.75, 3.05) is 5.32 Å². The van der Waals surface area contributed by atoms with Crippen LogP contribution >= 0.6 is 0 Å². The smallest absolute Gasteiger partial charge is 0.269 e. The zero-order valence-electron chi connectivity index (χ0n) is 21.5. The fraction of sp³-hybridized carbons (Fsp3) is 0.310. The maximum Gasteiger partial charge on any atom is 0.269 e. The van der Waals surface area contributed by atoms with Gasteiger partial charge in [-0.2, -0.15) is 14.0 Å². The Morgan fingerprint density at radius 2 is 1.87 bits per heavy atom. The standard InChI is InChI=1S/C29H29F2N5O2/c1-17-13-14-33-18(2)25(17)19-7-9-22(10-8-19)34-29(38)26(20-5-4-6-21(15-20)27(30)31)35-28(37)24-12-11-23(16-32)36(24)3/h7-14,20,26H,4-6,15H2,1-3H3,(H,34,38)(H,35,37). The average molecular weight is 518 g/mol. The molecule has 2 atom stereocenters. The molecule has 2 aromatic heterocycles. The summed E-state index contributed by atoms with van der Waals surface area (Å²) in [6, 6.07) is 13.2. The first kappa shape index (κ1) is 26.7. The van der Waals surface area contributed by atoms with Crippen molar-refractivity contribution in [2.45, 2.75) is 45.6 Å². The highest BCUT2D eigenvalue weighted by atomic mass is 19.3. The lowest BCUT2D eigenvalue weighted by molar-refractivity contribution is -0.119. The largest absolute Gasteiger partial charge is 0.339 e. The van der Waals surface area contributed by atoms with E-state index < -0.39 is 29.9 Å². The second-order valence-corrected chi connectivity index (χ2v) is 9.60. The number of aromatic nitrogens is 2. The molecule has 7 nitrogen and oxygen atoms in total. The van der Waals surface area contributed by atoms with Crippen molar-refractivity contribution < 1.29 is 18.4 Å². The van der Waals surface area contributed by atoms with E-state index >= 15 is 0 Å². The first-order chi connectivity index (χ1) is 18.2. The SMILES string of the molecule is Cc1ccnc(C)c1-c1ccc(NC(=O)C(NC(=O)c2ccc(C#N)n2C)C2CCCC(=C(F)F)C2)cc1. The van der Waals surface area contributed by atoms with E-state index in [2.05, 4.69) is 15.6 Å². The van der Waals surface area contributed by atoms with Gasteiger partial charge in [-0.1, -0.05) is 12.1 Å². The molecule has 0 radical (unpaired) electrons. The van der Waals surface area contributed by atoms with E-state index in [-0.39, 0.29) is 29.8 Å². The van der Waals surface area contributed by atoms with Crippen LogP contribution in [0.1, 0.15) is 53.1 Å². The Morgan fingerprint density at radius 1 is 1.13 bits per heavy atom. The Kier molecular flexibility index (Phi) is 8.01. The fourth-order valence-electron chi connectivity index (χ4n) is 5.09. The number of anilines is 1. The summed E-state index contributed by atoms with van der Waals surface area (Å²) in [5.74, 6) is -1.54. The van der Waals surface area contributed by atoms with Crippen LogP contribution in [0.15, 0.2) is 60.3 Å². The summed E-state index contributed by atoms with van der Waals surface area (Å²) in [7, 11) is 1.58. The van der Waals surface area contributed by atoms with Crippen LogP contribution in [0.25, 0.3) is 11.1 Å². The number of allylic oxidation sites excluding steroid dienone is 1. The Morgan fingerprint density at radius 3 is 2.50 bits per heavy atom. The molecule has 1 aliphatic carbocycles. The molecule has 2 amide bonds. The molecule has 9 heteroatoms. The van der Waals surface area contributed by atoms with E-state index in [9.17, 15) is 23.6 Å². The molecule has 3 aromatic rings. The lowest BCUT2D eigenvalue weighted by Gasteiger charge is -2.31. The van der Waals surface area contributed by atoms with E-state index in [1.54, 1.807) is 25.4 Å². The predicted molar refractivity (Wildman–Crippen MR) is 140 cm³/mol. The van der Waals surface area contributed by atoms with E-state index in [0.717, 1.165) is 22.4 Å². The molecule has 1 saturated carbocycles. The first-order valence-electron chi connectivity index (χ1n) is 12.4. The number of amides is 2. The van der Waals surface area contributed by atoms with Crippen LogP contribution in [-0.2, 0) is 11.8 Å². The average Bonchev–Trinajstić information content (AvgIpc) is 3.28. The third-order valence-corrected chi connectivity index (χ3v) is 7.13. The number of pyridine rings is 1. The highest BCUT2D eigenvalue weighted by molar-refractivity contribution is 6.01. The zero-order chi connectivity index (χ0) is 27.4. The zero-order valence-corrected chi connectivity index (χ0v) is 21.5. The second kappa shape index (κ2) is 11.4. The van der Waals surface area contributed by atoms with Gasteiger partial charge in [-0.15, -0.1) is 0 Å². The van der Waals surface area contributed by atoms with Gasteiger partial charge < -0.3 is 15.2 Å². The van der Waals surface area contributed by atoms with Gasteiger partial charge in [-0.3, -0.25) is 14.6 Å². The van der Waals surface area contributed by atoms with Gasteiger partial charge in [0.2, 0.25) is 5.91 Å². The minimum atomic E-state index is -1.72. The van der Waals surface area contributed by atoms with Gasteiger partial charge in [0.15, 0.2) is 0 Å². The number of hydrogen-bond donors (Lipinski definition) is 2. The molecule has 38 heavy (non-hydrogen) atoms. The Hall–Kier alpha value is -4.32. The van der Waals surface area contributed by atoms with Gasteiger partial charge in [0.05, 0.1) is 0 Å². The first-order valence-corrected chi connectivity index (χ1v) is 12.4. The number of hydrogen-bond acceptors (Lipinski definition) is 4. The van der Waals surface area contributed by atoms with Crippen molar-refractivity contribution >= 4 is 17.5 Å². The van der Waals surface area contributed by atoms with Crippen LogP contribution in [0.3, 0.4) is 0 Å². The number of carbonyl (C=O) groups excluding carboxylic acids is 2. The molecular formula is C29H29F2N5O2. The number of rotatable bonds is 6. The third-order valence-electron chi connectivity index (χ3n) is 7.13. The summed E-state index contributed by atoms with van der Waals surface area (Å²) in [5.41, 5.74) is 4.98. The second-order valence-electron chi connectivity index (χ2n) is 9.60. The quantitative estimate of drug-likeness (QED) is 0.441. The molecule has 2 heterocycles. The number of benzene rings is 1. The van der Waals surface area contributed by atoms with Gasteiger partial charge in [-0.05, 0) is 92.5 Å². The molecule has 2 N–H and O–H groups in total. The Labute approximate surface area is 220 Å². The van der Waals surface area contributed by atoms with Crippen LogP contribution in [0.4, 0.5) is 14.5 Å². The molecular weight excluding hydrogens is 488 g/mol. The highest BCUT2D eigenvalue weighted by Gasteiger charge is 2.34. The number of nitrogens with one attached hydrogen (secondary N) is 2. The number of halogens is 2. The van der Waals surface area contributed by atoms with Crippen molar-refractivity contribution in [3.63, 3.8) is 0 Å². The lowest BCUT2D eigenvalue weighted by Crippen LogP contribution is -2.49. The fourth-order valence-corrected chi connectivity index (χ4v) is 5.09. The minimum absolute atomic E-state index is 0.0190. The predicted octanol–water partition coefficient (Wildman–Crippen LogP) is 5.65. The van der Waals surface area contributed by atoms with Crippen LogP contribution in [0.5, 0.6) is 0 Å². The molecule has 1 aromatic carbocycles. The Balaban J connectivity index is 1.58. The van der Waals surface area contributed by atoms with E-state index in [0.29, 0.717) is 18.5 Å². The molecule has 0 aliphatic heterocycles. The summed E-state index contributed by atoms with van der Waals surface area (Å²) in [6.45, 7) is 3.94. The molecule has 2 unspecified atom stereocenters. The van der Waals surface area contributed by atoms with E-state index in [1.807, 2.05) is 38.1 Å². The molecule has 196 valence electrons. The van der Waals surface area contributed by atoms with Gasteiger partial charge in [0.25, 0.3) is 12.0 Å². The monoisotopic (exact) mass is 517 g/mol. The van der Waals surface area contributed by atoms with E-state index in [4.69, 9.17) is 0 Å². The highest BCUT2D eigenvalue weighted by Crippen LogP contribution is 2.34. The third kappa shape index (κ3) is 5.65. The number of carbonyl (C=O) groups is 2. The van der Waals surface area contributed by atoms with Gasteiger partial charge in [0, 0.05) is 30.2 Å². The van der Waals surface area contributed by atoms with Crippen molar-refractivity contribution in [1.29, 1.82) is 5.26 Å². The minimum Gasteiger partial charge on any atom is -0.339 e. The molecule has 0 bridgehead atoms. The van der Waals surface area contributed by atoms with E-state index in [1.165, 1.54) is 16.7 Å². The maximum atomic E-state index is 13.5. The topological polar surface area (TPSA) is 99.8 Å². The van der Waals surface area contributed by atoms with Crippen LogP contribution < -0.4 is 10.6 Å². The van der Waals surface area contributed by atoms with Crippen molar-refractivity contribution in [3.8, 4) is 17.2 Å². The summed E-state index contributed by atoms with van der Waals surface area (Å²) in [4.78, 5) is 30.9. The van der Waals surface area contributed by atoms with Crippen molar-refractivity contribution in [1.82, 2.24) is 14.9 Å². The number of aryl methyl sites for hydroxylation is 2. The van der Waals surface area contributed by atoms with Gasteiger partial charge >= 0.3 is 0 Å². The van der Waals surface area contributed by atoms with Crippen LogP contribution in [0, 0.1) is 31.1 Å². The maximum absolute atomic E-state index is 13.5. The summed E-state index contributed by atoms with van der Waals surface area (Å²) in [5, 5.41) is 14.8. The lowest BCUT2D eigenvalue weighted by atomic mass is 9.81. The van der Waals surface area contributed by atoms with Crippen LogP contribution in [-0.4, -0.2) is 27.4 Å². The Bertz CT molecular complexity index is 1410. The number of nitriles is 1. The van der Waals surface area contributed by atoms with Crippen molar-refractivity contribution in [2.24, 2.45) is 13.0 Å².